The van der Waals surface area contributed by atoms with Gasteiger partial charge in [-0.1, -0.05) is 36.2 Å². The molecule has 1 fully saturated rings. The number of amides is 2. The standard InChI is InChI=1S/C27H30N4O4/c1-18(24-13-6-7-14-28-24)30(3)27(34)25-16-23(35-29-25)17-31(26(33)20-9-4-5-10-20)22-12-8-11-21(15-22)19(2)32/h6-8,11-16,18,20H,4-5,9-10,17H2,1-3H3. The van der Waals surface area contributed by atoms with Gasteiger partial charge in [-0.3, -0.25) is 19.4 Å². The van der Waals surface area contributed by atoms with Gasteiger partial charge in [0.15, 0.2) is 17.2 Å². The van der Waals surface area contributed by atoms with E-state index >= 15 is 0 Å². The van der Waals surface area contributed by atoms with Gasteiger partial charge in [0.05, 0.1) is 18.3 Å². The molecule has 35 heavy (non-hydrogen) atoms. The molecule has 1 aromatic carbocycles. The topological polar surface area (TPSA) is 96.6 Å². The van der Waals surface area contributed by atoms with Crippen LogP contribution in [0.25, 0.3) is 0 Å². The summed E-state index contributed by atoms with van der Waals surface area (Å²) in [5.41, 5.74) is 2.09. The van der Waals surface area contributed by atoms with E-state index in [0.29, 0.717) is 17.0 Å². The van der Waals surface area contributed by atoms with Crippen LogP contribution in [0.1, 0.15) is 77.9 Å². The number of aromatic nitrogens is 2. The highest BCUT2D eigenvalue weighted by Crippen LogP contribution is 2.30. The zero-order valence-corrected chi connectivity index (χ0v) is 20.3. The number of carbonyl (C=O) groups is 3. The summed E-state index contributed by atoms with van der Waals surface area (Å²) in [5.74, 6) is -0.0475. The van der Waals surface area contributed by atoms with Crippen molar-refractivity contribution in [1.29, 1.82) is 0 Å². The van der Waals surface area contributed by atoms with E-state index < -0.39 is 0 Å². The predicted octanol–water partition coefficient (Wildman–Crippen LogP) is 4.83. The average Bonchev–Trinajstić information content (AvgIpc) is 3.59. The molecule has 3 aromatic rings. The third-order valence-electron chi connectivity index (χ3n) is 6.64. The number of ketones is 1. The molecule has 2 aromatic heterocycles. The van der Waals surface area contributed by atoms with Crippen molar-refractivity contribution < 1.29 is 18.9 Å². The Labute approximate surface area is 204 Å². The summed E-state index contributed by atoms with van der Waals surface area (Å²) < 4.78 is 5.49. The van der Waals surface area contributed by atoms with Crippen LogP contribution in [-0.4, -0.2) is 39.7 Å². The van der Waals surface area contributed by atoms with E-state index in [1.54, 1.807) is 47.3 Å². The molecular weight excluding hydrogens is 444 g/mol. The van der Waals surface area contributed by atoms with Crippen molar-refractivity contribution in [3.8, 4) is 0 Å². The fraction of sp³-hybridized carbons (Fsp3) is 0.370. The number of benzene rings is 1. The lowest BCUT2D eigenvalue weighted by atomic mass is 10.0. The van der Waals surface area contributed by atoms with Crippen LogP contribution in [0.2, 0.25) is 0 Å². The molecule has 0 N–H and O–H groups in total. The molecule has 2 heterocycles. The molecule has 1 unspecified atom stereocenters. The van der Waals surface area contributed by atoms with Gasteiger partial charge in [-0.25, -0.2) is 0 Å². The van der Waals surface area contributed by atoms with Crippen LogP contribution in [0, 0.1) is 5.92 Å². The zero-order valence-electron chi connectivity index (χ0n) is 20.3. The van der Waals surface area contributed by atoms with Crippen LogP contribution in [0.15, 0.2) is 59.3 Å². The number of nitrogens with zero attached hydrogens (tertiary/aromatic N) is 4. The minimum absolute atomic E-state index is 0.00614. The van der Waals surface area contributed by atoms with Gasteiger partial charge in [0.25, 0.3) is 5.91 Å². The third kappa shape index (κ3) is 5.48. The van der Waals surface area contributed by atoms with E-state index in [1.807, 2.05) is 31.2 Å². The number of rotatable bonds is 8. The highest BCUT2D eigenvalue weighted by Gasteiger charge is 2.30. The van der Waals surface area contributed by atoms with Crippen molar-refractivity contribution in [2.45, 2.75) is 52.1 Å². The first-order chi connectivity index (χ1) is 16.8. The molecule has 0 saturated heterocycles. The molecule has 8 nitrogen and oxygen atoms in total. The zero-order chi connectivity index (χ0) is 24.9. The van der Waals surface area contributed by atoms with E-state index in [-0.39, 0.29) is 41.8 Å². The molecule has 2 amide bonds. The molecule has 0 bridgehead atoms. The SMILES string of the molecule is CC(=O)c1cccc(N(Cc2cc(C(=O)N(C)C(C)c3ccccn3)no2)C(=O)C2CCCC2)c1. The minimum Gasteiger partial charge on any atom is -0.359 e. The first-order valence-corrected chi connectivity index (χ1v) is 11.9. The van der Waals surface area contributed by atoms with E-state index in [1.165, 1.54) is 6.92 Å². The molecule has 8 heteroatoms. The van der Waals surface area contributed by atoms with Gasteiger partial charge in [0.2, 0.25) is 5.91 Å². The largest absolute Gasteiger partial charge is 0.359 e. The van der Waals surface area contributed by atoms with Crippen molar-refractivity contribution in [1.82, 2.24) is 15.0 Å². The first kappa shape index (κ1) is 24.3. The molecule has 0 aliphatic heterocycles. The Morgan fingerprint density at radius 1 is 1.09 bits per heavy atom. The lowest BCUT2D eigenvalue weighted by molar-refractivity contribution is -0.122. The molecule has 1 saturated carbocycles. The second-order valence-corrected chi connectivity index (χ2v) is 9.04. The van der Waals surface area contributed by atoms with Crippen molar-refractivity contribution in [3.05, 3.63) is 77.4 Å². The van der Waals surface area contributed by atoms with E-state index in [4.69, 9.17) is 4.52 Å². The molecule has 1 atom stereocenters. The van der Waals surface area contributed by atoms with Crippen molar-refractivity contribution >= 4 is 23.3 Å². The van der Waals surface area contributed by atoms with Crippen molar-refractivity contribution in [2.24, 2.45) is 5.92 Å². The summed E-state index contributed by atoms with van der Waals surface area (Å²) >= 11 is 0. The Kier molecular flexibility index (Phi) is 7.39. The normalized spacial score (nSPS) is 14.5. The maximum atomic E-state index is 13.4. The van der Waals surface area contributed by atoms with Crippen LogP contribution in [0.5, 0.6) is 0 Å². The fourth-order valence-electron chi connectivity index (χ4n) is 4.40. The number of anilines is 1. The van der Waals surface area contributed by atoms with Crippen LogP contribution in [0.4, 0.5) is 5.69 Å². The lowest BCUT2D eigenvalue weighted by Gasteiger charge is -2.25. The summed E-state index contributed by atoms with van der Waals surface area (Å²) in [6.45, 7) is 3.51. The first-order valence-electron chi connectivity index (χ1n) is 11.9. The summed E-state index contributed by atoms with van der Waals surface area (Å²) in [7, 11) is 1.69. The van der Waals surface area contributed by atoms with E-state index in [0.717, 1.165) is 31.4 Å². The Morgan fingerprint density at radius 2 is 1.86 bits per heavy atom. The van der Waals surface area contributed by atoms with Gasteiger partial charge in [0.1, 0.15) is 0 Å². The number of Topliss-reactive ketones (excluding diaryl/α,β-unsaturated/α-hetero) is 1. The molecular formula is C27H30N4O4. The number of carbonyl (C=O) groups excluding carboxylic acids is 3. The molecule has 0 spiro atoms. The smallest absolute Gasteiger partial charge is 0.276 e. The van der Waals surface area contributed by atoms with Crippen LogP contribution >= 0.6 is 0 Å². The van der Waals surface area contributed by atoms with Crippen LogP contribution in [-0.2, 0) is 11.3 Å². The quantitative estimate of drug-likeness (QED) is 0.434. The average molecular weight is 475 g/mol. The fourth-order valence-corrected chi connectivity index (χ4v) is 4.40. The van der Waals surface area contributed by atoms with Crippen LogP contribution in [0.3, 0.4) is 0 Å². The van der Waals surface area contributed by atoms with Crippen molar-refractivity contribution in [2.75, 3.05) is 11.9 Å². The Morgan fingerprint density at radius 3 is 2.54 bits per heavy atom. The molecule has 4 rings (SSSR count). The van der Waals surface area contributed by atoms with Gasteiger partial charge in [-0.05, 0) is 51.0 Å². The summed E-state index contributed by atoms with van der Waals surface area (Å²) in [6, 6.07) is 13.9. The minimum atomic E-state index is -0.301. The van der Waals surface area contributed by atoms with Gasteiger partial charge in [-0.15, -0.1) is 0 Å². The predicted molar refractivity (Wildman–Crippen MR) is 131 cm³/mol. The molecule has 1 aliphatic carbocycles. The molecule has 1 aliphatic rings. The Hall–Kier alpha value is -3.81. The van der Waals surface area contributed by atoms with E-state index in [9.17, 15) is 14.4 Å². The third-order valence-corrected chi connectivity index (χ3v) is 6.64. The number of hydrogen-bond donors (Lipinski definition) is 0. The summed E-state index contributed by atoms with van der Waals surface area (Å²) in [4.78, 5) is 45.9. The highest BCUT2D eigenvalue weighted by molar-refractivity contribution is 5.99. The summed E-state index contributed by atoms with van der Waals surface area (Å²) in [6.07, 6.45) is 5.44. The second kappa shape index (κ2) is 10.6. The van der Waals surface area contributed by atoms with Gasteiger partial charge < -0.3 is 14.3 Å². The maximum absolute atomic E-state index is 13.4. The highest BCUT2D eigenvalue weighted by atomic mass is 16.5. The Bertz CT molecular complexity index is 1200. The molecule has 0 radical (unpaired) electrons. The monoisotopic (exact) mass is 474 g/mol. The van der Waals surface area contributed by atoms with Gasteiger partial charge in [-0.2, -0.15) is 0 Å². The number of hydrogen-bond acceptors (Lipinski definition) is 6. The Balaban J connectivity index is 1.56. The maximum Gasteiger partial charge on any atom is 0.276 e. The summed E-state index contributed by atoms with van der Waals surface area (Å²) in [5, 5.41) is 3.98. The second-order valence-electron chi connectivity index (χ2n) is 9.04. The van der Waals surface area contributed by atoms with Crippen LogP contribution < -0.4 is 4.90 Å². The lowest BCUT2D eigenvalue weighted by Crippen LogP contribution is -2.35. The number of pyridine rings is 1. The molecule has 182 valence electrons. The van der Waals surface area contributed by atoms with Gasteiger partial charge in [0, 0.05) is 36.5 Å². The van der Waals surface area contributed by atoms with Crippen molar-refractivity contribution in [3.63, 3.8) is 0 Å². The van der Waals surface area contributed by atoms with Gasteiger partial charge >= 0.3 is 0 Å². The van der Waals surface area contributed by atoms with E-state index in [2.05, 4.69) is 10.1 Å².